The highest BCUT2D eigenvalue weighted by molar-refractivity contribution is 6.13. The molecule has 1 saturated carbocycles. The Morgan fingerprint density at radius 2 is 2.06 bits per heavy atom. The minimum atomic E-state index is -0.562. The largest absolute Gasteiger partial charge is 0.384 e. The number of allylic oxidation sites excluding steroid dienone is 1. The highest BCUT2D eigenvalue weighted by atomic mass is 16.5. The average Bonchev–Trinajstić information content (AvgIpc) is 3.53. The third-order valence-electron chi connectivity index (χ3n) is 7.34. The van der Waals surface area contributed by atoms with Crippen LogP contribution in [0.2, 0.25) is 0 Å². The van der Waals surface area contributed by atoms with Crippen LogP contribution in [0.15, 0.2) is 37.2 Å². The maximum Gasteiger partial charge on any atom is 0.253 e. The maximum absolute atomic E-state index is 12.6. The van der Waals surface area contributed by atoms with E-state index in [9.17, 15) is 4.79 Å². The fourth-order valence-electron chi connectivity index (χ4n) is 5.57. The van der Waals surface area contributed by atoms with Crippen molar-refractivity contribution >= 4 is 33.5 Å². The van der Waals surface area contributed by atoms with Gasteiger partial charge in [0.05, 0.1) is 28.5 Å². The first-order valence-corrected chi connectivity index (χ1v) is 12.3. The van der Waals surface area contributed by atoms with Gasteiger partial charge in [-0.1, -0.05) is 12.1 Å². The highest BCUT2D eigenvalue weighted by Gasteiger charge is 2.32. The quantitative estimate of drug-likeness (QED) is 0.398. The summed E-state index contributed by atoms with van der Waals surface area (Å²) in [6.07, 6.45) is 11.4. The van der Waals surface area contributed by atoms with Crippen molar-refractivity contribution < 1.29 is 9.53 Å². The van der Waals surface area contributed by atoms with Crippen molar-refractivity contribution in [2.75, 3.05) is 12.3 Å². The van der Waals surface area contributed by atoms with Gasteiger partial charge in [0, 0.05) is 40.8 Å². The molecule has 0 spiro atoms. The van der Waals surface area contributed by atoms with Crippen LogP contribution < -0.4 is 11.5 Å². The first-order chi connectivity index (χ1) is 17.0. The van der Waals surface area contributed by atoms with Crippen LogP contribution in [0.5, 0.6) is 0 Å². The van der Waals surface area contributed by atoms with Crippen LogP contribution in [0.25, 0.3) is 27.5 Å². The second-order valence-corrected chi connectivity index (χ2v) is 9.69. The summed E-state index contributed by atoms with van der Waals surface area (Å²) < 4.78 is 9.99. The van der Waals surface area contributed by atoms with Gasteiger partial charge in [0.15, 0.2) is 6.23 Å². The summed E-state index contributed by atoms with van der Waals surface area (Å²) in [5.74, 6) is 0.191. The Morgan fingerprint density at radius 3 is 2.74 bits per heavy atom. The molecule has 1 atom stereocenters. The van der Waals surface area contributed by atoms with Gasteiger partial charge in [-0.15, -0.1) is 6.58 Å². The van der Waals surface area contributed by atoms with Gasteiger partial charge in [0.25, 0.3) is 5.91 Å². The molecule has 2 aliphatic rings. The van der Waals surface area contributed by atoms with Crippen LogP contribution in [0.1, 0.15) is 71.4 Å². The Kier molecular flexibility index (Phi) is 5.14. The first-order valence-electron chi connectivity index (χ1n) is 12.3. The van der Waals surface area contributed by atoms with Crippen LogP contribution in [0.4, 0.5) is 5.82 Å². The predicted molar refractivity (Wildman–Crippen MR) is 137 cm³/mol. The maximum atomic E-state index is 12.6. The number of nitrogens with zero attached hydrogens (tertiary/aromatic N) is 4. The van der Waals surface area contributed by atoms with E-state index in [1.54, 1.807) is 6.20 Å². The molecule has 1 amide bonds. The smallest absolute Gasteiger partial charge is 0.253 e. The normalized spacial score (nSPS) is 18.4. The molecule has 8 heteroatoms. The fourth-order valence-corrected chi connectivity index (χ4v) is 5.57. The summed E-state index contributed by atoms with van der Waals surface area (Å²) in [5.41, 5.74) is 18.8. The van der Waals surface area contributed by atoms with Crippen molar-refractivity contribution in [2.24, 2.45) is 5.73 Å². The number of fused-ring (bicyclic) bond motifs is 2. The summed E-state index contributed by atoms with van der Waals surface area (Å²) in [7, 11) is 0. The molecule has 1 saturated heterocycles. The summed E-state index contributed by atoms with van der Waals surface area (Å²) in [6, 6.07) is 4.15. The number of amides is 1. The number of hydrogen-bond donors (Lipinski definition) is 2. The van der Waals surface area contributed by atoms with E-state index in [-0.39, 0.29) is 6.23 Å². The second-order valence-electron chi connectivity index (χ2n) is 9.69. The standard InChI is InChI=1S/C27H30N6O2/c1-3-6-17-23(16-9-10-16)30-13-19-22(27(29)34)26(28)32(25(17)19)24-15(2)8-11-20-18(24)14-31-33(20)21-7-4-5-12-35-21/h3,8,11,13-14,16,21H,1,4-7,9-10,12,28H2,2H3,(H2,29,34). The molecule has 2 fully saturated rings. The molecule has 1 unspecified atom stereocenters. The lowest BCUT2D eigenvalue weighted by molar-refractivity contribution is -0.0366. The van der Waals surface area contributed by atoms with Gasteiger partial charge in [-0.3, -0.25) is 14.3 Å². The zero-order valence-electron chi connectivity index (χ0n) is 20.0. The van der Waals surface area contributed by atoms with Crippen molar-refractivity contribution in [3.05, 3.63) is 59.6 Å². The summed E-state index contributed by atoms with van der Waals surface area (Å²) in [6.45, 7) is 6.78. The zero-order chi connectivity index (χ0) is 24.3. The SMILES string of the molecule is C=CCc1c(C2CC2)ncc2c(C(N)=O)c(N)n(-c3c(C)ccc4c3cnn4C3CCCCO3)c12. The fraction of sp³-hybridized carbons (Fsp3) is 0.370. The summed E-state index contributed by atoms with van der Waals surface area (Å²) in [5, 5.41) is 6.36. The predicted octanol–water partition coefficient (Wildman–Crippen LogP) is 4.67. The molecule has 8 nitrogen and oxygen atoms in total. The van der Waals surface area contributed by atoms with E-state index in [1.807, 2.05) is 21.5 Å². The molecule has 1 aliphatic heterocycles. The molecular weight excluding hydrogens is 440 g/mol. The number of aromatic nitrogens is 4. The third-order valence-corrected chi connectivity index (χ3v) is 7.34. The lowest BCUT2D eigenvalue weighted by Crippen LogP contribution is -2.19. The van der Waals surface area contributed by atoms with E-state index >= 15 is 0 Å². The van der Waals surface area contributed by atoms with Gasteiger partial charge in [0.2, 0.25) is 0 Å². The molecule has 35 heavy (non-hydrogen) atoms. The first kappa shape index (κ1) is 21.9. The molecular formula is C27H30N6O2. The van der Waals surface area contributed by atoms with Crippen molar-refractivity contribution in [1.29, 1.82) is 0 Å². The molecule has 0 bridgehead atoms. The third kappa shape index (κ3) is 3.35. The topological polar surface area (TPSA) is 114 Å². The molecule has 4 N–H and O–H groups in total. The van der Waals surface area contributed by atoms with Crippen LogP contribution in [0.3, 0.4) is 0 Å². The number of primary amides is 1. The number of ether oxygens (including phenoxy) is 1. The highest BCUT2D eigenvalue weighted by Crippen LogP contribution is 2.45. The molecule has 180 valence electrons. The number of pyridine rings is 1. The lowest BCUT2D eigenvalue weighted by atomic mass is 10.0. The molecule has 0 radical (unpaired) electrons. The number of benzene rings is 1. The van der Waals surface area contributed by atoms with Crippen molar-refractivity contribution in [2.45, 2.75) is 57.6 Å². The minimum Gasteiger partial charge on any atom is -0.384 e. The van der Waals surface area contributed by atoms with E-state index in [4.69, 9.17) is 26.3 Å². The monoisotopic (exact) mass is 470 g/mol. The van der Waals surface area contributed by atoms with E-state index in [1.165, 1.54) is 0 Å². The van der Waals surface area contributed by atoms with Crippen molar-refractivity contribution in [3.63, 3.8) is 0 Å². The van der Waals surface area contributed by atoms with Crippen LogP contribution in [0, 0.1) is 6.92 Å². The molecule has 6 rings (SSSR count). The number of rotatable bonds is 6. The number of aryl methyl sites for hydroxylation is 1. The van der Waals surface area contributed by atoms with E-state index < -0.39 is 5.91 Å². The molecule has 1 aliphatic carbocycles. The number of nitrogen functional groups attached to an aromatic ring is 1. The zero-order valence-corrected chi connectivity index (χ0v) is 20.0. The molecule has 3 aromatic heterocycles. The number of carbonyl (C=O) groups is 1. The van der Waals surface area contributed by atoms with Crippen molar-refractivity contribution in [1.82, 2.24) is 19.3 Å². The Labute approximate surface area is 203 Å². The Balaban J connectivity index is 1.69. The van der Waals surface area contributed by atoms with Gasteiger partial charge in [-0.25, -0.2) is 4.68 Å². The van der Waals surface area contributed by atoms with E-state index in [0.29, 0.717) is 29.1 Å². The van der Waals surface area contributed by atoms with Crippen LogP contribution in [-0.4, -0.2) is 31.8 Å². The number of anilines is 1. The van der Waals surface area contributed by atoms with Crippen molar-refractivity contribution in [3.8, 4) is 5.69 Å². The van der Waals surface area contributed by atoms with Gasteiger partial charge >= 0.3 is 0 Å². The number of nitrogens with two attached hydrogens (primary N) is 2. The number of carbonyl (C=O) groups excluding carboxylic acids is 1. The van der Waals surface area contributed by atoms with Gasteiger partial charge < -0.3 is 16.2 Å². The van der Waals surface area contributed by atoms with Gasteiger partial charge in [0.1, 0.15) is 5.82 Å². The minimum absolute atomic E-state index is 0.0845. The molecule has 1 aromatic carbocycles. The Bertz CT molecular complexity index is 1490. The van der Waals surface area contributed by atoms with Gasteiger partial charge in [-0.05, 0) is 57.1 Å². The average molecular weight is 471 g/mol. The van der Waals surface area contributed by atoms with Crippen LogP contribution in [-0.2, 0) is 11.2 Å². The number of hydrogen-bond acceptors (Lipinski definition) is 5. The molecule has 4 heterocycles. The molecule has 4 aromatic rings. The van der Waals surface area contributed by atoms with E-state index in [0.717, 1.165) is 77.6 Å². The van der Waals surface area contributed by atoms with Gasteiger partial charge in [-0.2, -0.15) is 5.10 Å². The second kappa shape index (κ2) is 8.23. The Morgan fingerprint density at radius 1 is 1.23 bits per heavy atom. The lowest BCUT2D eigenvalue weighted by Gasteiger charge is -2.23. The summed E-state index contributed by atoms with van der Waals surface area (Å²) in [4.78, 5) is 17.4. The van der Waals surface area contributed by atoms with Crippen LogP contribution >= 0.6 is 0 Å². The Hall–Kier alpha value is -3.65. The summed E-state index contributed by atoms with van der Waals surface area (Å²) >= 11 is 0. The van der Waals surface area contributed by atoms with E-state index in [2.05, 4.69) is 25.6 Å².